The summed E-state index contributed by atoms with van der Waals surface area (Å²) in [7, 11) is 0. The normalized spacial score (nSPS) is 10.2. The highest BCUT2D eigenvalue weighted by Gasteiger charge is 1.96. The third-order valence-electron chi connectivity index (χ3n) is 4.06. The van der Waals surface area contributed by atoms with Gasteiger partial charge in [-0.25, -0.2) is 0 Å². The maximum atomic E-state index is 9.15. The van der Waals surface area contributed by atoms with E-state index in [9.17, 15) is 0 Å². The second-order valence-corrected chi connectivity index (χ2v) is 6.13. The summed E-state index contributed by atoms with van der Waals surface area (Å²) in [5.41, 5.74) is 3.56. The van der Waals surface area contributed by atoms with E-state index in [4.69, 9.17) is 15.3 Å². The van der Waals surface area contributed by atoms with Gasteiger partial charge >= 0.3 is 0 Å². The van der Waals surface area contributed by atoms with Crippen LogP contribution in [0.1, 0.15) is 5.56 Å². The number of aromatic hydroxyl groups is 3. The van der Waals surface area contributed by atoms with Crippen molar-refractivity contribution in [2.45, 2.75) is 6.92 Å². The third-order valence-corrected chi connectivity index (χ3v) is 4.06. The second kappa shape index (κ2) is 7.62. The van der Waals surface area contributed by atoms with Crippen LogP contribution in [0.5, 0.6) is 17.2 Å². The summed E-state index contributed by atoms with van der Waals surface area (Å²) in [6.45, 7) is 2.07. The molecule has 0 atom stereocenters. The topological polar surface area (TPSA) is 60.7 Å². The molecule has 0 aliphatic rings. The largest absolute Gasteiger partial charge is 0.508 e. The number of fused-ring (bicyclic) bond motifs is 1. The zero-order valence-electron chi connectivity index (χ0n) is 14.4. The first-order valence-electron chi connectivity index (χ1n) is 8.29. The molecule has 0 aliphatic carbocycles. The van der Waals surface area contributed by atoms with Crippen LogP contribution in [0.15, 0.2) is 84.9 Å². The summed E-state index contributed by atoms with van der Waals surface area (Å²) in [5.74, 6) is 0.794. The molecular formula is C23H20O3. The van der Waals surface area contributed by atoms with Gasteiger partial charge in [0, 0.05) is 0 Å². The van der Waals surface area contributed by atoms with Gasteiger partial charge in [0.25, 0.3) is 0 Å². The first-order chi connectivity index (χ1) is 12.5. The third kappa shape index (κ3) is 4.33. The van der Waals surface area contributed by atoms with Gasteiger partial charge in [-0.15, -0.1) is 0 Å². The molecule has 26 heavy (non-hydrogen) atoms. The maximum absolute atomic E-state index is 9.15. The van der Waals surface area contributed by atoms with Gasteiger partial charge in [-0.1, -0.05) is 54.1 Å². The number of phenolic OH excluding ortho intramolecular Hbond substituents is 3. The van der Waals surface area contributed by atoms with Gasteiger partial charge in [-0.3, -0.25) is 0 Å². The molecule has 0 unspecified atom stereocenters. The molecule has 0 aromatic heterocycles. The Hall–Kier alpha value is -3.46. The predicted molar refractivity (Wildman–Crippen MR) is 106 cm³/mol. The molecule has 4 rings (SSSR count). The highest BCUT2D eigenvalue weighted by atomic mass is 16.3. The molecule has 0 heterocycles. The Kier molecular flexibility index (Phi) is 5.09. The molecule has 0 spiro atoms. The van der Waals surface area contributed by atoms with Crippen LogP contribution in [-0.2, 0) is 0 Å². The van der Waals surface area contributed by atoms with E-state index in [0.717, 1.165) is 16.3 Å². The molecule has 0 fully saturated rings. The van der Waals surface area contributed by atoms with Gasteiger partial charge in [-0.05, 0) is 65.2 Å². The Bertz CT molecular complexity index is 919. The average Bonchev–Trinajstić information content (AvgIpc) is 2.64. The molecule has 3 heteroatoms. The fraction of sp³-hybridized carbons (Fsp3) is 0.0435. The Labute approximate surface area is 152 Å². The molecule has 4 aromatic rings. The molecule has 3 N–H and O–H groups in total. The molecule has 0 saturated heterocycles. The van der Waals surface area contributed by atoms with Crippen LogP contribution < -0.4 is 0 Å². The van der Waals surface area contributed by atoms with Gasteiger partial charge in [0.2, 0.25) is 0 Å². The minimum atomic E-state index is 0.244. The minimum Gasteiger partial charge on any atom is -0.508 e. The number of benzene rings is 4. The van der Waals surface area contributed by atoms with E-state index in [1.807, 2.05) is 12.1 Å². The Balaban J connectivity index is 0.000000152. The summed E-state index contributed by atoms with van der Waals surface area (Å²) < 4.78 is 0. The lowest BCUT2D eigenvalue weighted by molar-refractivity contribution is 0.474. The van der Waals surface area contributed by atoms with Gasteiger partial charge in [0.05, 0.1) is 0 Å². The summed E-state index contributed by atoms with van der Waals surface area (Å²) in [4.78, 5) is 0. The quantitative estimate of drug-likeness (QED) is 0.420. The van der Waals surface area contributed by atoms with Crippen molar-refractivity contribution >= 4 is 10.8 Å². The zero-order chi connectivity index (χ0) is 18.5. The average molecular weight is 344 g/mol. The van der Waals surface area contributed by atoms with Crippen molar-refractivity contribution in [3.8, 4) is 28.4 Å². The lowest BCUT2D eigenvalue weighted by Gasteiger charge is -2.01. The summed E-state index contributed by atoms with van der Waals surface area (Å²) in [6, 6.07) is 25.6. The molecule has 3 nitrogen and oxygen atoms in total. The van der Waals surface area contributed by atoms with Gasteiger partial charge in [0.1, 0.15) is 17.2 Å². The molecule has 130 valence electrons. The Morgan fingerprint density at radius 1 is 0.462 bits per heavy atom. The van der Waals surface area contributed by atoms with Crippen LogP contribution in [-0.4, -0.2) is 15.3 Å². The zero-order valence-corrected chi connectivity index (χ0v) is 14.4. The lowest BCUT2D eigenvalue weighted by Crippen LogP contribution is -1.77. The Morgan fingerprint density at radius 3 is 1.31 bits per heavy atom. The molecule has 0 radical (unpaired) electrons. The maximum Gasteiger partial charge on any atom is 0.116 e. The molecular weight excluding hydrogens is 324 g/mol. The van der Waals surface area contributed by atoms with Crippen LogP contribution in [0.4, 0.5) is 0 Å². The number of hydrogen-bond donors (Lipinski definition) is 3. The van der Waals surface area contributed by atoms with E-state index >= 15 is 0 Å². The van der Waals surface area contributed by atoms with Crippen LogP contribution in [0.3, 0.4) is 0 Å². The van der Waals surface area contributed by atoms with Crippen molar-refractivity contribution in [3.05, 3.63) is 90.5 Å². The van der Waals surface area contributed by atoms with Gasteiger partial charge in [-0.2, -0.15) is 0 Å². The fourth-order valence-corrected chi connectivity index (χ4v) is 2.62. The molecule has 0 saturated carbocycles. The molecule has 0 amide bonds. The number of rotatable bonds is 1. The van der Waals surface area contributed by atoms with Crippen molar-refractivity contribution in [1.82, 2.24) is 0 Å². The number of phenols is 3. The van der Waals surface area contributed by atoms with Crippen molar-refractivity contribution < 1.29 is 15.3 Å². The van der Waals surface area contributed by atoms with E-state index in [-0.39, 0.29) is 11.5 Å². The van der Waals surface area contributed by atoms with E-state index < -0.39 is 0 Å². The minimum absolute atomic E-state index is 0.244. The Morgan fingerprint density at radius 2 is 0.846 bits per heavy atom. The van der Waals surface area contributed by atoms with Crippen LogP contribution in [0.2, 0.25) is 0 Å². The molecule has 4 aromatic carbocycles. The fourth-order valence-electron chi connectivity index (χ4n) is 2.62. The van der Waals surface area contributed by atoms with E-state index in [1.165, 1.54) is 11.1 Å². The molecule has 0 aliphatic heterocycles. The van der Waals surface area contributed by atoms with Crippen LogP contribution in [0.25, 0.3) is 21.9 Å². The summed E-state index contributed by atoms with van der Waals surface area (Å²) in [6.07, 6.45) is 0. The summed E-state index contributed by atoms with van der Waals surface area (Å²) in [5, 5.41) is 29.3. The van der Waals surface area contributed by atoms with E-state index in [2.05, 4.69) is 31.2 Å². The first kappa shape index (κ1) is 17.4. The van der Waals surface area contributed by atoms with Crippen molar-refractivity contribution in [2.24, 2.45) is 0 Å². The van der Waals surface area contributed by atoms with Crippen LogP contribution >= 0.6 is 0 Å². The monoisotopic (exact) mass is 344 g/mol. The molecule has 0 bridgehead atoms. The predicted octanol–water partition coefficient (Wildman–Crippen LogP) is 5.62. The number of aryl methyl sites for hydroxylation is 1. The van der Waals surface area contributed by atoms with Crippen molar-refractivity contribution in [3.63, 3.8) is 0 Å². The number of hydrogen-bond acceptors (Lipinski definition) is 3. The first-order valence-corrected chi connectivity index (χ1v) is 8.29. The second-order valence-electron chi connectivity index (χ2n) is 6.13. The van der Waals surface area contributed by atoms with Crippen LogP contribution in [0, 0.1) is 6.92 Å². The highest BCUT2D eigenvalue weighted by Crippen LogP contribution is 2.23. The summed E-state index contributed by atoms with van der Waals surface area (Å²) >= 11 is 0. The lowest BCUT2D eigenvalue weighted by atomic mass is 10.0. The van der Waals surface area contributed by atoms with Gasteiger partial charge < -0.3 is 15.3 Å². The highest BCUT2D eigenvalue weighted by molar-refractivity contribution is 5.85. The SMILES string of the molecule is Cc1ccc(-c2ccc(O)cc2)cc1.Oc1ccc2cc(O)ccc2c1. The van der Waals surface area contributed by atoms with E-state index in [0.29, 0.717) is 5.75 Å². The smallest absolute Gasteiger partial charge is 0.116 e. The van der Waals surface area contributed by atoms with Gasteiger partial charge in [0.15, 0.2) is 0 Å². The van der Waals surface area contributed by atoms with Crippen molar-refractivity contribution in [2.75, 3.05) is 0 Å². The standard InChI is InChI=1S/C13H12O.C10H8O2/c1-10-2-4-11(5-3-10)12-6-8-13(14)9-7-12;11-9-3-1-7-5-10(12)4-2-8(7)6-9/h2-9,14H,1H3;1-6,11-12H. The van der Waals surface area contributed by atoms with E-state index in [1.54, 1.807) is 48.5 Å². The van der Waals surface area contributed by atoms with Crippen molar-refractivity contribution in [1.29, 1.82) is 0 Å².